The maximum atomic E-state index is 5.70. The minimum atomic E-state index is 0.733. The zero-order chi connectivity index (χ0) is 11.0. The van der Waals surface area contributed by atoms with E-state index in [1.54, 1.807) is 11.8 Å². The first-order valence-corrected chi connectivity index (χ1v) is 6.59. The van der Waals surface area contributed by atoms with Gasteiger partial charge in [0, 0.05) is 11.4 Å². The van der Waals surface area contributed by atoms with Gasteiger partial charge in [0.2, 0.25) is 0 Å². The molecule has 0 saturated heterocycles. The van der Waals surface area contributed by atoms with Crippen molar-refractivity contribution in [1.29, 1.82) is 0 Å². The van der Waals surface area contributed by atoms with Crippen LogP contribution in [0.15, 0.2) is 27.8 Å². The molecular weight excluding hydrogens is 220 g/mol. The third-order valence-corrected chi connectivity index (χ3v) is 4.12. The quantitative estimate of drug-likeness (QED) is 0.654. The van der Waals surface area contributed by atoms with Gasteiger partial charge in [-0.15, -0.1) is 0 Å². The number of nitrogen functional groups attached to an aromatic ring is 1. The van der Waals surface area contributed by atoms with Crippen LogP contribution < -0.4 is 5.73 Å². The summed E-state index contributed by atoms with van der Waals surface area (Å²) in [6.45, 7) is 0. The molecule has 0 spiro atoms. The van der Waals surface area contributed by atoms with Crippen LogP contribution in [-0.2, 0) is 0 Å². The number of rotatable bonds is 3. The van der Waals surface area contributed by atoms with E-state index in [0.29, 0.717) is 0 Å². The highest BCUT2D eigenvalue weighted by Crippen LogP contribution is 2.33. The van der Waals surface area contributed by atoms with Gasteiger partial charge in [-0.3, -0.25) is 0 Å². The summed E-state index contributed by atoms with van der Waals surface area (Å²) >= 11 is 1.72. The van der Waals surface area contributed by atoms with Crippen LogP contribution in [0.1, 0.15) is 19.3 Å². The van der Waals surface area contributed by atoms with Gasteiger partial charge < -0.3 is 10.2 Å². The Labute approximate surface area is 98.4 Å². The predicted molar refractivity (Wildman–Crippen MR) is 66.5 cm³/mol. The van der Waals surface area contributed by atoms with Gasteiger partial charge in [0.05, 0.1) is 0 Å². The Morgan fingerprint density at radius 1 is 1.44 bits per heavy atom. The molecule has 0 unspecified atom stereocenters. The molecule has 3 nitrogen and oxygen atoms in total. The normalized spacial score (nSPS) is 16.5. The van der Waals surface area contributed by atoms with Gasteiger partial charge in [0.1, 0.15) is 5.52 Å². The standard InChI is InChI=1S/C12H14N2OS/c13-9-4-5-11-10(6-9)14-12(15-11)16-7-8-2-1-3-8/h4-6,8H,1-3,7,13H2. The number of aromatic nitrogens is 1. The summed E-state index contributed by atoms with van der Waals surface area (Å²) in [5, 5.41) is 0.771. The molecule has 1 aliphatic carbocycles. The van der Waals surface area contributed by atoms with E-state index in [9.17, 15) is 0 Å². The van der Waals surface area contributed by atoms with E-state index < -0.39 is 0 Å². The minimum absolute atomic E-state index is 0.733. The average molecular weight is 234 g/mol. The molecule has 0 bridgehead atoms. The van der Waals surface area contributed by atoms with Crippen LogP contribution in [-0.4, -0.2) is 10.7 Å². The number of thioether (sulfide) groups is 1. The van der Waals surface area contributed by atoms with E-state index in [-0.39, 0.29) is 0 Å². The molecule has 1 aromatic heterocycles. The number of anilines is 1. The molecule has 16 heavy (non-hydrogen) atoms. The molecular formula is C12H14N2OS. The number of fused-ring (bicyclic) bond motifs is 1. The first-order chi connectivity index (χ1) is 7.81. The highest BCUT2D eigenvalue weighted by molar-refractivity contribution is 7.99. The summed E-state index contributed by atoms with van der Waals surface area (Å²) in [5.74, 6) is 1.99. The molecule has 1 aromatic carbocycles. The maximum absolute atomic E-state index is 5.70. The van der Waals surface area contributed by atoms with E-state index in [1.165, 1.54) is 19.3 Å². The van der Waals surface area contributed by atoms with Crippen molar-refractivity contribution < 1.29 is 4.42 Å². The second-order valence-electron chi connectivity index (χ2n) is 4.31. The highest BCUT2D eigenvalue weighted by Gasteiger charge is 2.18. The van der Waals surface area contributed by atoms with Gasteiger partial charge in [0.15, 0.2) is 5.58 Å². The van der Waals surface area contributed by atoms with Crippen molar-refractivity contribution in [2.75, 3.05) is 11.5 Å². The second-order valence-corrected chi connectivity index (χ2v) is 5.29. The Balaban J connectivity index is 1.76. The summed E-state index contributed by atoms with van der Waals surface area (Å²) in [4.78, 5) is 4.42. The molecule has 1 saturated carbocycles. The topological polar surface area (TPSA) is 52.0 Å². The first-order valence-electron chi connectivity index (χ1n) is 5.60. The zero-order valence-corrected chi connectivity index (χ0v) is 9.80. The van der Waals surface area contributed by atoms with Crippen molar-refractivity contribution in [2.24, 2.45) is 5.92 Å². The van der Waals surface area contributed by atoms with Crippen LogP contribution in [0.25, 0.3) is 11.1 Å². The number of hydrogen-bond acceptors (Lipinski definition) is 4. The number of nitrogens with two attached hydrogens (primary N) is 1. The fourth-order valence-electron chi connectivity index (χ4n) is 1.83. The smallest absolute Gasteiger partial charge is 0.256 e. The van der Waals surface area contributed by atoms with Gasteiger partial charge in [-0.2, -0.15) is 0 Å². The van der Waals surface area contributed by atoms with E-state index in [2.05, 4.69) is 4.98 Å². The van der Waals surface area contributed by atoms with Crippen LogP contribution in [0.3, 0.4) is 0 Å². The number of benzene rings is 1. The number of nitrogens with zero attached hydrogens (tertiary/aromatic N) is 1. The largest absolute Gasteiger partial charge is 0.431 e. The third kappa shape index (κ3) is 1.89. The van der Waals surface area contributed by atoms with Crippen molar-refractivity contribution in [3.63, 3.8) is 0 Å². The zero-order valence-electron chi connectivity index (χ0n) is 8.98. The molecule has 2 aromatic rings. The fourth-order valence-corrected chi connectivity index (χ4v) is 2.86. The summed E-state index contributed by atoms with van der Waals surface area (Å²) in [5.41, 5.74) is 8.11. The Morgan fingerprint density at radius 3 is 3.06 bits per heavy atom. The molecule has 0 aliphatic heterocycles. The van der Waals surface area contributed by atoms with Gasteiger partial charge in [-0.25, -0.2) is 4.98 Å². The Kier molecular flexibility index (Phi) is 2.52. The molecule has 3 rings (SSSR count). The Morgan fingerprint density at radius 2 is 2.31 bits per heavy atom. The lowest BCUT2D eigenvalue weighted by Gasteiger charge is -2.23. The summed E-state index contributed by atoms with van der Waals surface area (Å²) < 4.78 is 5.64. The molecule has 84 valence electrons. The van der Waals surface area contributed by atoms with Crippen molar-refractivity contribution in [2.45, 2.75) is 24.5 Å². The van der Waals surface area contributed by atoms with Gasteiger partial charge in [0.25, 0.3) is 5.22 Å². The lowest BCUT2D eigenvalue weighted by atomic mass is 9.87. The van der Waals surface area contributed by atoms with E-state index in [0.717, 1.165) is 33.7 Å². The molecule has 1 aliphatic rings. The molecule has 1 heterocycles. The molecule has 1 fully saturated rings. The van der Waals surface area contributed by atoms with Gasteiger partial charge >= 0.3 is 0 Å². The monoisotopic (exact) mass is 234 g/mol. The SMILES string of the molecule is Nc1ccc2oc(SCC3CCC3)nc2c1. The first kappa shape index (κ1) is 10.0. The maximum Gasteiger partial charge on any atom is 0.256 e. The second kappa shape index (κ2) is 4.01. The van der Waals surface area contributed by atoms with Crippen molar-refractivity contribution in [1.82, 2.24) is 4.98 Å². The average Bonchev–Trinajstić information content (AvgIpc) is 2.57. The Hall–Kier alpha value is -1.16. The lowest BCUT2D eigenvalue weighted by Crippen LogP contribution is -2.13. The molecule has 2 N–H and O–H groups in total. The van der Waals surface area contributed by atoms with Crippen LogP contribution in [0.4, 0.5) is 5.69 Å². The fraction of sp³-hybridized carbons (Fsp3) is 0.417. The van der Waals surface area contributed by atoms with E-state index in [1.807, 2.05) is 18.2 Å². The van der Waals surface area contributed by atoms with Gasteiger partial charge in [-0.05, 0) is 37.0 Å². The lowest BCUT2D eigenvalue weighted by molar-refractivity contribution is 0.352. The molecule has 4 heteroatoms. The van der Waals surface area contributed by atoms with Gasteiger partial charge in [-0.1, -0.05) is 18.2 Å². The van der Waals surface area contributed by atoms with Crippen LogP contribution >= 0.6 is 11.8 Å². The third-order valence-electron chi connectivity index (χ3n) is 3.06. The summed E-state index contributed by atoms with van der Waals surface area (Å²) in [6, 6.07) is 5.57. The number of hydrogen-bond donors (Lipinski definition) is 1. The van der Waals surface area contributed by atoms with Crippen molar-refractivity contribution in [3.05, 3.63) is 18.2 Å². The summed E-state index contributed by atoms with van der Waals surface area (Å²) in [7, 11) is 0. The molecule has 0 atom stereocenters. The van der Waals surface area contributed by atoms with Crippen LogP contribution in [0, 0.1) is 5.92 Å². The van der Waals surface area contributed by atoms with E-state index >= 15 is 0 Å². The highest BCUT2D eigenvalue weighted by atomic mass is 32.2. The summed E-state index contributed by atoms with van der Waals surface area (Å²) in [6.07, 6.45) is 4.11. The Bertz CT molecular complexity index is 505. The minimum Gasteiger partial charge on any atom is -0.431 e. The molecule has 0 radical (unpaired) electrons. The molecule has 0 amide bonds. The van der Waals surface area contributed by atoms with Crippen LogP contribution in [0.2, 0.25) is 0 Å². The van der Waals surface area contributed by atoms with Crippen molar-refractivity contribution in [3.8, 4) is 0 Å². The van der Waals surface area contributed by atoms with E-state index in [4.69, 9.17) is 10.2 Å². The van der Waals surface area contributed by atoms with Crippen molar-refractivity contribution >= 4 is 28.5 Å². The predicted octanol–water partition coefficient (Wildman–Crippen LogP) is 3.30. The number of oxazole rings is 1. The van der Waals surface area contributed by atoms with Crippen LogP contribution in [0.5, 0.6) is 0 Å².